The van der Waals surface area contributed by atoms with Crippen molar-refractivity contribution in [1.29, 1.82) is 0 Å². The maximum absolute atomic E-state index is 12.8. The van der Waals surface area contributed by atoms with E-state index in [1.807, 2.05) is 0 Å². The number of carbonyl (C=O) groups excluding carboxylic acids is 2. The predicted octanol–water partition coefficient (Wildman–Crippen LogP) is 4.65. The van der Waals surface area contributed by atoms with Crippen molar-refractivity contribution in [2.45, 2.75) is 38.2 Å². The lowest BCUT2D eigenvalue weighted by molar-refractivity contribution is 0.0510. The molecule has 0 unspecified atom stereocenters. The number of rotatable bonds is 6. The van der Waals surface area contributed by atoms with Crippen molar-refractivity contribution >= 4 is 33.5 Å². The van der Waals surface area contributed by atoms with E-state index in [2.05, 4.69) is 22.3 Å². The number of halogens is 1. The van der Waals surface area contributed by atoms with Gasteiger partial charge in [-0.15, -0.1) is 0 Å². The summed E-state index contributed by atoms with van der Waals surface area (Å²) in [5.74, 6) is 4.93. The maximum Gasteiger partial charge on any atom is 0.408 e. The molecule has 1 amide bonds. The molecule has 0 saturated carbocycles. The summed E-state index contributed by atoms with van der Waals surface area (Å²) in [5.41, 5.74) is 0.926. The van der Waals surface area contributed by atoms with Gasteiger partial charge in [0.25, 0.3) is 0 Å². The van der Waals surface area contributed by atoms with E-state index in [1.54, 1.807) is 76.2 Å². The molecule has 3 aromatic rings. The number of nitrogens with one attached hydrogen (secondary N) is 1. The van der Waals surface area contributed by atoms with Gasteiger partial charge in [-0.2, -0.15) is 5.10 Å². The number of benzene rings is 2. The van der Waals surface area contributed by atoms with Crippen LogP contribution in [0.3, 0.4) is 0 Å². The van der Waals surface area contributed by atoms with Gasteiger partial charge >= 0.3 is 12.1 Å². The van der Waals surface area contributed by atoms with Gasteiger partial charge in [0.2, 0.25) is 0 Å². The minimum Gasteiger partial charge on any atom is -0.461 e. The third-order valence-electron chi connectivity index (χ3n) is 4.86. The average molecular weight is 558 g/mol. The van der Waals surface area contributed by atoms with Gasteiger partial charge in [0.05, 0.1) is 24.5 Å². The molecule has 200 valence electrons. The standard InChI is InChI=1S/C27H28ClN3O6S/c1-6-36-25(32)22-24(38(5,34)35)23(19-11-13-20(28)14-12-19)31(30-22)21-15-9-18(10-16-21)8-7-17-29-26(33)37-27(2,3)4/h9-16H,6,17H2,1-5H3,(H,29,33). The van der Waals surface area contributed by atoms with Crippen molar-refractivity contribution in [1.82, 2.24) is 15.1 Å². The van der Waals surface area contributed by atoms with Crippen LogP contribution >= 0.6 is 11.6 Å². The lowest BCUT2D eigenvalue weighted by Crippen LogP contribution is -2.32. The summed E-state index contributed by atoms with van der Waals surface area (Å²) >= 11 is 6.04. The molecule has 0 bridgehead atoms. The molecule has 9 nitrogen and oxygen atoms in total. The Hall–Kier alpha value is -3.81. The summed E-state index contributed by atoms with van der Waals surface area (Å²) in [4.78, 5) is 24.2. The Bertz CT molecular complexity index is 1490. The van der Waals surface area contributed by atoms with E-state index in [0.717, 1.165) is 6.26 Å². The zero-order valence-electron chi connectivity index (χ0n) is 21.7. The van der Waals surface area contributed by atoms with Crippen molar-refractivity contribution in [2.24, 2.45) is 0 Å². The second-order valence-electron chi connectivity index (χ2n) is 9.14. The number of alkyl carbamates (subject to hydrolysis) is 1. The number of hydrogen-bond acceptors (Lipinski definition) is 7. The van der Waals surface area contributed by atoms with Gasteiger partial charge in [-0.3, -0.25) is 0 Å². The maximum atomic E-state index is 12.8. The molecule has 1 heterocycles. The number of hydrogen-bond donors (Lipinski definition) is 1. The number of nitrogens with zero attached hydrogens (tertiary/aromatic N) is 2. The van der Waals surface area contributed by atoms with Gasteiger partial charge in [0.15, 0.2) is 15.5 Å². The number of ether oxygens (including phenoxy) is 2. The molecule has 0 aliphatic carbocycles. The fourth-order valence-corrected chi connectivity index (χ4v) is 4.56. The van der Waals surface area contributed by atoms with Gasteiger partial charge in [0.1, 0.15) is 10.5 Å². The van der Waals surface area contributed by atoms with Crippen LogP contribution in [0.2, 0.25) is 5.02 Å². The molecule has 0 aliphatic heterocycles. The minimum atomic E-state index is -3.90. The number of carbonyl (C=O) groups is 2. The second kappa shape index (κ2) is 11.7. The van der Waals surface area contributed by atoms with Crippen LogP contribution in [0.5, 0.6) is 0 Å². The molecule has 1 aromatic heterocycles. The van der Waals surface area contributed by atoms with E-state index in [9.17, 15) is 18.0 Å². The van der Waals surface area contributed by atoms with Gasteiger partial charge in [-0.25, -0.2) is 22.7 Å². The zero-order chi connectivity index (χ0) is 28.1. The van der Waals surface area contributed by atoms with Crippen LogP contribution in [0.15, 0.2) is 53.4 Å². The average Bonchev–Trinajstić information content (AvgIpc) is 3.23. The minimum absolute atomic E-state index is 0.0569. The number of esters is 1. The lowest BCUT2D eigenvalue weighted by atomic mass is 10.1. The molecular formula is C27H28ClN3O6S. The van der Waals surface area contributed by atoms with Crippen LogP contribution in [-0.2, 0) is 19.3 Å². The fourth-order valence-electron chi connectivity index (χ4n) is 3.40. The van der Waals surface area contributed by atoms with Crippen molar-refractivity contribution in [3.8, 4) is 28.8 Å². The SMILES string of the molecule is CCOC(=O)c1nn(-c2ccc(C#CCNC(=O)OC(C)(C)C)cc2)c(-c2ccc(Cl)cc2)c1S(C)(=O)=O. The van der Waals surface area contributed by atoms with Gasteiger partial charge in [-0.1, -0.05) is 35.6 Å². The quantitative estimate of drug-likeness (QED) is 0.346. The highest BCUT2D eigenvalue weighted by Gasteiger charge is 2.32. The second-order valence-corrected chi connectivity index (χ2v) is 11.5. The first-order valence-corrected chi connectivity index (χ1v) is 13.9. The molecule has 2 aromatic carbocycles. The number of sulfone groups is 1. The van der Waals surface area contributed by atoms with Crippen LogP contribution in [0, 0.1) is 11.8 Å². The molecule has 1 N–H and O–H groups in total. The van der Waals surface area contributed by atoms with E-state index in [-0.39, 0.29) is 29.4 Å². The van der Waals surface area contributed by atoms with Crippen molar-refractivity contribution in [2.75, 3.05) is 19.4 Å². The monoisotopic (exact) mass is 557 g/mol. The molecule has 0 radical (unpaired) electrons. The first-order valence-electron chi connectivity index (χ1n) is 11.6. The Morgan fingerprint density at radius 1 is 1.08 bits per heavy atom. The molecule has 0 saturated heterocycles. The normalized spacial score (nSPS) is 11.3. The van der Waals surface area contributed by atoms with E-state index in [0.29, 0.717) is 21.8 Å². The fraction of sp³-hybridized carbons (Fsp3) is 0.296. The van der Waals surface area contributed by atoms with Crippen molar-refractivity contribution in [3.63, 3.8) is 0 Å². The third kappa shape index (κ3) is 7.37. The lowest BCUT2D eigenvalue weighted by Gasteiger charge is -2.18. The third-order valence-corrected chi connectivity index (χ3v) is 6.24. The number of aromatic nitrogens is 2. The molecule has 0 spiro atoms. The predicted molar refractivity (Wildman–Crippen MR) is 144 cm³/mol. The summed E-state index contributed by atoms with van der Waals surface area (Å²) in [6.45, 7) is 7.08. The van der Waals surface area contributed by atoms with E-state index < -0.39 is 27.5 Å². The van der Waals surface area contributed by atoms with E-state index in [1.165, 1.54) is 4.68 Å². The molecular weight excluding hydrogens is 530 g/mol. The van der Waals surface area contributed by atoms with Crippen LogP contribution in [0.1, 0.15) is 43.7 Å². The number of amides is 1. The van der Waals surface area contributed by atoms with Crippen molar-refractivity contribution in [3.05, 3.63) is 64.8 Å². The van der Waals surface area contributed by atoms with Gasteiger partial charge in [0, 0.05) is 22.4 Å². The summed E-state index contributed by atoms with van der Waals surface area (Å²) in [6, 6.07) is 13.4. The summed E-state index contributed by atoms with van der Waals surface area (Å²) in [6.07, 6.45) is 0.454. The van der Waals surface area contributed by atoms with Crippen LogP contribution in [0.4, 0.5) is 4.79 Å². The Morgan fingerprint density at radius 3 is 2.26 bits per heavy atom. The zero-order valence-corrected chi connectivity index (χ0v) is 23.2. The Kier molecular flexibility index (Phi) is 8.86. The first-order chi connectivity index (χ1) is 17.8. The Morgan fingerprint density at radius 2 is 1.71 bits per heavy atom. The molecule has 3 rings (SSSR count). The van der Waals surface area contributed by atoms with Crippen LogP contribution in [0.25, 0.3) is 16.9 Å². The van der Waals surface area contributed by atoms with Gasteiger partial charge in [-0.05, 0) is 64.1 Å². The van der Waals surface area contributed by atoms with Gasteiger partial charge < -0.3 is 14.8 Å². The van der Waals surface area contributed by atoms with Crippen molar-refractivity contribution < 1.29 is 27.5 Å². The van der Waals surface area contributed by atoms with Crippen LogP contribution < -0.4 is 5.32 Å². The first kappa shape index (κ1) is 28.8. The highest BCUT2D eigenvalue weighted by Crippen LogP contribution is 2.34. The summed E-state index contributed by atoms with van der Waals surface area (Å²) in [5, 5.41) is 7.38. The summed E-state index contributed by atoms with van der Waals surface area (Å²) < 4.78 is 37.3. The topological polar surface area (TPSA) is 117 Å². The summed E-state index contributed by atoms with van der Waals surface area (Å²) in [7, 11) is -3.90. The highest BCUT2D eigenvalue weighted by atomic mass is 35.5. The molecule has 0 aliphatic rings. The molecule has 11 heteroatoms. The highest BCUT2D eigenvalue weighted by molar-refractivity contribution is 7.91. The van der Waals surface area contributed by atoms with E-state index in [4.69, 9.17) is 21.1 Å². The smallest absolute Gasteiger partial charge is 0.408 e. The van der Waals surface area contributed by atoms with Crippen LogP contribution in [-0.4, -0.2) is 55.3 Å². The Balaban J connectivity index is 2.00. The van der Waals surface area contributed by atoms with E-state index >= 15 is 0 Å². The molecule has 0 fully saturated rings. The molecule has 38 heavy (non-hydrogen) atoms. The molecule has 0 atom stereocenters. The Labute approximate surface area is 227 Å². The largest absolute Gasteiger partial charge is 0.461 e.